The van der Waals surface area contributed by atoms with Crippen LogP contribution in [0.15, 0.2) is 0 Å². The van der Waals surface area contributed by atoms with Gasteiger partial charge in [0.25, 0.3) is 10.2 Å². The summed E-state index contributed by atoms with van der Waals surface area (Å²) in [5.41, 5.74) is 0. The predicted octanol–water partition coefficient (Wildman–Crippen LogP) is -1.68. The van der Waals surface area contributed by atoms with Crippen LogP contribution in [-0.4, -0.2) is 57.5 Å². The number of rotatable bonds is 6. The Labute approximate surface area is 138 Å². The van der Waals surface area contributed by atoms with Gasteiger partial charge in [0.05, 0.1) is 6.10 Å². The summed E-state index contributed by atoms with van der Waals surface area (Å²) in [5.74, 6) is -2.07. The van der Waals surface area contributed by atoms with E-state index in [1.807, 2.05) is 4.72 Å². The van der Waals surface area contributed by atoms with Crippen LogP contribution in [0.25, 0.3) is 0 Å². The first-order valence-corrected chi connectivity index (χ1v) is 8.47. The molecule has 24 heavy (non-hydrogen) atoms. The molecule has 0 bridgehead atoms. The van der Waals surface area contributed by atoms with Gasteiger partial charge in [-0.2, -0.15) is 13.1 Å². The quantitative estimate of drug-likeness (QED) is 0.412. The van der Waals surface area contributed by atoms with Crippen molar-refractivity contribution >= 4 is 28.1 Å². The number of carbonyl (C=O) groups excluding carboxylic acids is 3. The number of ether oxygens (including phenoxy) is 4. The molecule has 1 saturated heterocycles. The summed E-state index contributed by atoms with van der Waals surface area (Å²) in [5, 5.41) is 4.84. The van der Waals surface area contributed by atoms with Crippen molar-refractivity contribution < 1.29 is 41.7 Å². The van der Waals surface area contributed by atoms with Crippen molar-refractivity contribution in [3.05, 3.63) is 0 Å². The van der Waals surface area contributed by atoms with Gasteiger partial charge in [0.2, 0.25) is 12.4 Å². The van der Waals surface area contributed by atoms with Crippen LogP contribution in [-0.2, 0) is 43.5 Å². The van der Waals surface area contributed by atoms with Crippen LogP contribution < -0.4 is 9.86 Å². The number of hydrogen-bond acceptors (Lipinski definition) is 9. The fraction of sp³-hybridized carbons (Fsp3) is 0.750. The fourth-order valence-corrected chi connectivity index (χ4v) is 2.56. The number of nitrogens with one attached hydrogen (secondary N) is 1. The third-order valence-corrected chi connectivity index (χ3v) is 3.44. The maximum absolute atomic E-state index is 11.3. The molecule has 138 valence electrons. The van der Waals surface area contributed by atoms with Gasteiger partial charge in [0, 0.05) is 33.7 Å². The van der Waals surface area contributed by atoms with Gasteiger partial charge in [0.1, 0.15) is 6.10 Å². The monoisotopic (exact) mass is 368 g/mol. The Morgan fingerprint density at radius 3 is 2.08 bits per heavy atom. The Kier molecular flexibility index (Phi) is 7.08. The van der Waals surface area contributed by atoms with E-state index in [9.17, 15) is 22.8 Å². The Bertz CT molecular complexity index is 565. The third-order valence-electron chi connectivity index (χ3n) is 2.87. The lowest BCUT2D eigenvalue weighted by atomic mass is 10.0. The van der Waals surface area contributed by atoms with Crippen LogP contribution in [0.4, 0.5) is 0 Å². The van der Waals surface area contributed by atoms with Crippen molar-refractivity contribution in [2.24, 2.45) is 5.14 Å². The van der Waals surface area contributed by atoms with Crippen molar-refractivity contribution in [3.8, 4) is 0 Å². The van der Waals surface area contributed by atoms with Gasteiger partial charge in [-0.05, 0) is 0 Å². The van der Waals surface area contributed by atoms with Crippen molar-refractivity contribution in [2.75, 3.05) is 6.54 Å². The maximum atomic E-state index is 11.3. The van der Waals surface area contributed by atoms with Gasteiger partial charge in [-0.15, -0.1) is 0 Å². The molecule has 0 aromatic heterocycles. The molecule has 0 radical (unpaired) electrons. The normalized spacial score (nSPS) is 27.2. The van der Waals surface area contributed by atoms with Gasteiger partial charge in [-0.1, -0.05) is 0 Å². The summed E-state index contributed by atoms with van der Waals surface area (Å²) in [6, 6.07) is 0. The van der Waals surface area contributed by atoms with Gasteiger partial charge in [0.15, 0.2) is 0 Å². The molecule has 0 aliphatic carbocycles. The molecule has 4 atom stereocenters. The number of carbonyl (C=O) groups is 3. The zero-order valence-electron chi connectivity index (χ0n) is 13.4. The van der Waals surface area contributed by atoms with Crippen LogP contribution in [0, 0.1) is 0 Å². The summed E-state index contributed by atoms with van der Waals surface area (Å²) in [6.07, 6.45) is -4.36. The number of nitrogens with two attached hydrogens (primary N) is 1. The van der Waals surface area contributed by atoms with Crippen LogP contribution in [0.2, 0.25) is 0 Å². The Morgan fingerprint density at radius 1 is 1.08 bits per heavy atom. The van der Waals surface area contributed by atoms with E-state index in [-0.39, 0.29) is 13.0 Å². The van der Waals surface area contributed by atoms with Crippen LogP contribution >= 0.6 is 0 Å². The Hall–Kier alpha value is -1.76. The predicted molar refractivity (Wildman–Crippen MR) is 77.3 cm³/mol. The molecule has 1 fully saturated rings. The molecule has 11 nitrogen and oxygen atoms in total. The summed E-state index contributed by atoms with van der Waals surface area (Å²) in [6.45, 7) is 3.14. The number of hydrogen-bond donors (Lipinski definition) is 2. The topological polar surface area (TPSA) is 160 Å². The Morgan fingerprint density at radius 2 is 1.62 bits per heavy atom. The summed E-state index contributed by atoms with van der Waals surface area (Å²) >= 11 is 0. The molecular formula is C12H20N2O9S. The van der Waals surface area contributed by atoms with Crippen molar-refractivity contribution in [1.82, 2.24) is 4.72 Å². The van der Waals surface area contributed by atoms with E-state index < -0.39 is 52.7 Å². The van der Waals surface area contributed by atoms with E-state index >= 15 is 0 Å². The molecule has 0 aromatic carbocycles. The zero-order chi connectivity index (χ0) is 18.5. The van der Waals surface area contributed by atoms with E-state index in [2.05, 4.69) is 0 Å². The second kappa shape index (κ2) is 8.37. The lowest BCUT2D eigenvalue weighted by Gasteiger charge is -2.39. The molecule has 3 N–H and O–H groups in total. The first-order chi connectivity index (χ1) is 11.0. The van der Waals surface area contributed by atoms with Crippen molar-refractivity contribution in [3.63, 3.8) is 0 Å². The summed E-state index contributed by atoms with van der Waals surface area (Å²) in [7, 11) is -3.97. The van der Waals surface area contributed by atoms with Gasteiger partial charge in [-0.3, -0.25) is 14.4 Å². The lowest BCUT2D eigenvalue weighted by molar-refractivity contribution is -0.265. The van der Waals surface area contributed by atoms with E-state index in [0.717, 1.165) is 20.8 Å². The summed E-state index contributed by atoms with van der Waals surface area (Å²) in [4.78, 5) is 33.7. The summed E-state index contributed by atoms with van der Waals surface area (Å²) < 4.78 is 44.5. The average Bonchev–Trinajstić information content (AvgIpc) is 2.37. The third kappa shape index (κ3) is 7.21. The number of esters is 3. The van der Waals surface area contributed by atoms with E-state index in [4.69, 9.17) is 24.1 Å². The van der Waals surface area contributed by atoms with Crippen LogP contribution in [0.5, 0.6) is 0 Å². The molecule has 0 spiro atoms. The standard InChI is InChI=1S/C12H20N2O9S/c1-6(15)20-10-4-9(5-14-24(13,18)19)23-12(22-8(3)17)11(10)21-7(2)16/h9-12,14H,4-5H2,1-3H3,(H2,13,18,19)/t9-,10-,11-,12?/m0/s1. The molecule has 0 aromatic rings. The minimum atomic E-state index is -3.97. The first-order valence-electron chi connectivity index (χ1n) is 6.92. The van der Waals surface area contributed by atoms with Crippen molar-refractivity contribution in [2.45, 2.75) is 51.8 Å². The minimum Gasteiger partial charge on any atom is -0.458 e. The van der Waals surface area contributed by atoms with Gasteiger partial charge in [-0.25, -0.2) is 5.14 Å². The van der Waals surface area contributed by atoms with E-state index in [1.165, 1.54) is 0 Å². The van der Waals surface area contributed by atoms with Gasteiger partial charge >= 0.3 is 17.9 Å². The lowest BCUT2D eigenvalue weighted by Crippen LogP contribution is -2.55. The minimum absolute atomic E-state index is 0.00217. The van der Waals surface area contributed by atoms with E-state index in [1.54, 1.807) is 0 Å². The van der Waals surface area contributed by atoms with Crippen LogP contribution in [0.3, 0.4) is 0 Å². The van der Waals surface area contributed by atoms with E-state index in [0.29, 0.717) is 0 Å². The molecule has 0 saturated carbocycles. The second-order valence-electron chi connectivity index (χ2n) is 5.09. The SMILES string of the molecule is CC(=O)OC1O[C@H](CNS(N)(=O)=O)C[C@H](OC(C)=O)[C@@H]1OC(C)=O. The maximum Gasteiger partial charge on any atom is 0.305 e. The molecule has 1 rings (SSSR count). The highest BCUT2D eigenvalue weighted by Crippen LogP contribution is 2.26. The Balaban J connectivity index is 2.96. The molecular weight excluding hydrogens is 348 g/mol. The zero-order valence-corrected chi connectivity index (χ0v) is 14.2. The highest BCUT2D eigenvalue weighted by molar-refractivity contribution is 7.87. The second-order valence-corrected chi connectivity index (χ2v) is 6.47. The molecule has 1 heterocycles. The highest BCUT2D eigenvalue weighted by atomic mass is 32.2. The fourth-order valence-electron chi connectivity index (χ4n) is 2.14. The largest absolute Gasteiger partial charge is 0.458 e. The molecule has 1 aliphatic heterocycles. The molecule has 1 aliphatic rings. The molecule has 12 heteroatoms. The van der Waals surface area contributed by atoms with Crippen molar-refractivity contribution in [1.29, 1.82) is 0 Å². The van der Waals surface area contributed by atoms with Crippen LogP contribution in [0.1, 0.15) is 27.2 Å². The first kappa shape index (κ1) is 20.3. The van der Waals surface area contributed by atoms with Gasteiger partial charge < -0.3 is 18.9 Å². The molecule has 0 amide bonds. The smallest absolute Gasteiger partial charge is 0.305 e. The average molecular weight is 368 g/mol. The molecule has 1 unspecified atom stereocenters. The highest BCUT2D eigenvalue weighted by Gasteiger charge is 2.45.